The molecule has 0 fully saturated rings. The first kappa shape index (κ1) is 10.2. The molecule has 2 atom stereocenters. The normalized spacial score (nSPS) is 25.9. The minimum atomic E-state index is 0.185. The fraction of sp³-hybridized carbons (Fsp3) is 0.308. The highest BCUT2D eigenvalue weighted by Gasteiger charge is 2.36. The number of hydrogen-bond acceptors (Lipinski definition) is 4. The van der Waals surface area contributed by atoms with Crippen LogP contribution in [-0.4, -0.2) is 28.1 Å². The molecule has 86 valence electrons. The van der Waals surface area contributed by atoms with E-state index in [2.05, 4.69) is 32.9 Å². The molecule has 2 unspecified atom stereocenters. The van der Waals surface area contributed by atoms with E-state index in [0.717, 1.165) is 18.1 Å². The van der Waals surface area contributed by atoms with E-state index in [1.54, 1.807) is 6.21 Å². The van der Waals surface area contributed by atoms with Gasteiger partial charge >= 0.3 is 0 Å². The van der Waals surface area contributed by atoms with Crippen molar-refractivity contribution >= 4 is 12.2 Å². The average molecular weight is 226 g/mol. The van der Waals surface area contributed by atoms with Crippen molar-refractivity contribution in [3.8, 4) is 0 Å². The molecule has 0 saturated heterocycles. The van der Waals surface area contributed by atoms with Crippen molar-refractivity contribution in [2.45, 2.75) is 25.4 Å². The van der Waals surface area contributed by atoms with Gasteiger partial charge in [-0.1, -0.05) is 13.0 Å². The summed E-state index contributed by atoms with van der Waals surface area (Å²) in [6.45, 7) is 2.15. The number of allylic oxidation sites excluding steroid dienone is 1. The van der Waals surface area contributed by atoms with Crippen LogP contribution in [0.5, 0.6) is 0 Å². The van der Waals surface area contributed by atoms with Crippen LogP contribution < -0.4 is 0 Å². The van der Waals surface area contributed by atoms with E-state index in [1.807, 2.05) is 30.6 Å². The molecule has 0 N–H and O–H groups in total. The highest BCUT2D eigenvalue weighted by atomic mass is 15.4. The van der Waals surface area contributed by atoms with Crippen molar-refractivity contribution in [1.29, 1.82) is 0 Å². The van der Waals surface area contributed by atoms with Crippen molar-refractivity contribution in [3.63, 3.8) is 0 Å². The van der Waals surface area contributed by atoms with Gasteiger partial charge in [0.1, 0.15) is 6.04 Å². The van der Waals surface area contributed by atoms with Crippen molar-refractivity contribution in [2.24, 2.45) is 9.98 Å². The zero-order chi connectivity index (χ0) is 11.7. The minimum absolute atomic E-state index is 0.185. The second-order valence-corrected chi connectivity index (χ2v) is 4.13. The first-order valence-corrected chi connectivity index (χ1v) is 5.88. The second kappa shape index (κ2) is 4.13. The van der Waals surface area contributed by atoms with Gasteiger partial charge in [-0.25, -0.2) is 9.98 Å². The molecule has 4 nitrogen and oxygen atoms in total. The fourth-order valence-corrected chi connectivity index (χ4v) is 2.30. The topological polar surface area (TPSA) is 40.9 Å². The van der Waals surface area contributed by atoms with Crippen LogP contribution in [0.4, 0.5) is 0 Å². The summed E-state index contributed by atoms with van der Waals surface area (Å²) in [6.07, 6.45) is 8.57. The molecule has 0 spiro atoms. The molecule has 3 heterocycles. The lowest BCUT2D eigenvalue weighted by atomic mass is 10.0. The number of fused-ring (bicyclic) bond motifs is 1. The molecule has 0 bridgehead atoms. The van der Waals surface area contributed by atoms with E-state index in [1.165, 1.54) is 0 Å². The summed E-state index contributed by atoms with van der Waals surface area (Å²) in [7, 11) is 0. The Kier molecular flexibility index (Phi) is 2.48. The summed E-state index contributed by atoms with van der Waals surface area (Å²) in [5.41, 5.74) is 1.06. The number of hydrogen-bond donors (Lipinski definition) is 0. The number of guanidine groups is 1. The molecular weight excluding hydrogens is 212 g/mol. The molecule has 2 aliphatic heterocycles. The number of pyridine rings is 1. The van der Waals surface area contributed by atoms with Crippen LogP contribution in [0, 0.1) is 0 Å². The third-order valence-corrected chi connectivity index (χ3v) is 3.11. The molecule has 0 saturated carbocycles. The van der Waals surface area contributed by atoms with Crippen LogP contribution in [0.3, 0.4) is 0 Å². The zero-order valence-electron chi connectivity index (χ0n) is 9.69. The Morgan fingerprint density at radius 3 is 3.06 bits per heavy atom. The Morgan fingerprint density at radius 2 is 2.29 bits per heavy atom. The molecule has 1 aromatic rings. The zero-order valence-corrected chi connectivity index (χ0v) is 9.69. The van der Waals surface area contributed by atoms with Gasteiger partial charge in [-0.3, -0.25) is 4.98 Å². The molecule has 0 radical (unpaired) electrons. The van der Waals surface area contributed by atoms with Crippen LogP contribution in [0.2, 0.25) is 0 Å². The molecule has 0 aliphatic carbocycles. The maximum absolute atomic E-state index is 4.64. The Hall–Kier alpha value is -1.97. The van der Waals surface area contributed by atoms with Crippen LogP contribution in [0.15, 0.2) is 46.7 Å². The Morgan fingerprint density at radius 1 is 1.35 bits per heavy atom. The van der Waals surface area contributed by atoms with Gasteiger partial charge in [0.05, 0.1) is 11.7 Å². The molecule has 17 heavy (non-hydrogen) atoms. The van der Waals surface area contributed by atoms with Gasteiger partial charge in [-0.15, -0.1) is 0 Å². The second-order valence-electron chi connectivity index (χ2n) is 4.13. The van der Waals surface area contributed by atoms with Gasteiger partial charge in [0.2, 0.25) is 5.96 Å². The SMILES string of the molecule is CCC1N=C2N=CC=CN2C1c1ccccn1. The van der Waals surface area contributed by atoms with Gasteiger partial charge in [-0.2, -0.15) is 0 Å². The highest BCUT2D eigenvalue weighted by Crippen LogP contribution is 2.33. The van der Waals surface area contributed by atoms with Gasteiger partial charge in [0, 0.05) is 18.6 Å². The number of rotatable bonds is 2. The lowest BCUT2D eigenvalue weighted by molar-refractivity contribution is 0.373. The van der Waals surface area contributed by atoms with Gasteiger partial charge < -0.3 is 4.90 Å². The predicted molar refractivity (Wildman–Crippen MR) is 68.0 cm³/mol. The Balaban J connectivity index is 1.99. The number of aliphatic imine (C=N–C) groups is 2. The highest BCUT2D eigenvalue weighted by molar-refractivity contribution is 5.95. The van der Waals surface area contributed by atoms with Crippen LogP contribution in [0.1, 0.15) is 25.1 Å². The van der Waals surface area contributed by atoms with E-state index in [-0.39, 0.29) is 12.1 Å². The Bertz CT molecular complexity index is 489. The van der Waals surface area contributed by atoms with Gasteiger partial charge in [0.15, 0.2) is 0 Å². The quantitative estimate of drug-likeness (QED) is 0.775. The van der Waals surface area contributed by atoms with Crippen molar-refractivity contribution < 1.29 is 0 Å². The Labute approximate surface area is 100 Å². The smallest absolute Gasteiger partial charge is 0.225 e. The molecule has 3 rings (SSSR count). The van der Waals surface area contributed by atoms with Crippen molar-refractivity contribution in [2.75, 3.05) is 0 Å². The van der Waals surface area contributed by atoms with E-state index in [0.29, 0.717) is 0 Å². The average Bonchev–Trinajstić information content (AvgIpc) is 2.78. The monoisotopic (exact) mass is 226 g/mol. The minimum Gasteiger partial charge on any atom is -0.306 e. The number of aromatic nitrogens is 1. The molecular formula is C13H14N4. The number of nitrogens with zero attached hydrogens (tertiary/aromatic N) is 4. The summed E-state index contributed by atoms with van der Waals surface area (Å²) in [6, 6.07) is 6.43. The fourth-order valence-electron chi connectivity index (χ4n) is 2.30. The molecule has 1 aromatic heterocycles. The van der Waals surface area contributed by atoms with E-state index < -0.39 is 0 Å². The van der Waals surface area contributed by atoms with E-state index in [9.17, 15) is 0 Å². The lowest BCUT2D eigenvalue weighted by Gasteiger charge is -2.26. The van der Waals surface area contributed by atoms with Crippen LogP contribution in [-0.2, 0) is 0 Å². The first-order chi connectivity index (χ1) is 8.40. The summed E-state index contributed by atoms with van der Waals surface area (Å²) >= 11 is 0. The van der Waals surface area contributed by atoms with Gasteiger partial charge in [-0.05, 0) is 24.6 Å². The largest absolute Gasteiger partial charge is 0.306 e. The standard InChI is InChI=1S/C13H14N4/c1-2-10-12(11-6-3-4-7-14-11)17-9-5-8-15-13(17)16-10/h3-10,12H,2H2,1H3. The predicted octanol–water partition coefficient (Wildman–Crippen LogP) is 2.17. The molecule has 0 amide bonds. The molecule has 0 aromatic carbocycles. The van der Waals surface area contributed by atoms with Crippen LogP contribution >= 0.6 is 0 Å². The first-order valence-electron chi connectivity index (χ1n) is 5.88. The lowest BCUT2D eigenvalue weighted by Crippen LogP contribution is -2.29. The molecule has 4 heteroatoms. The third-order valence-electron chi connectivity index (χ3n) is 3.11. The van der Waals surface area contributed by atoms with Crippen LogP contribution in [0.25, 0.3) is 0 Å². The summed E-state index contributed by atoms with van der Waals surface area (Å²) in [5.74, 6) is 0.801. The van der Waals surface area contributed by atoms with E-state index >= 15 is 0 Å². The summed E-state index contributed by atoms with van der Waals surface area (Å²) in [5, 5.41) is 0. The van der Waals surface area contributed by atoms with Crippen molar-refractivity contribution in [3.05, 3.63) is 42.4 Å². The van der Waals surface area contributed by atoms with Crippen molar-refractivity contribution in [1.82, 2.24) is 9.88 Å². The summed E-state index contributed by atoms with van der Waals surface area (Å²) in [4.78, 5) is 15.5. The maximum atomic E-state index is 4.64. The maximum Gasteiger partial charge on any atom is 0.225 e. The van der Waals surface area contributed by atoms with Gasteiger partial charge in [0.25, 0.3) is 0 Å². The third kappa shape index (κ3) is 1.65. The van der Waals surface area contributed by atoms with E-state index in [4.69, 9.17) is 0 Å². The molecule has 2 aliphatic rings. The summed E-state index contributed by atoms with van der Waals surface area (Å²) < 4.78 is 0.